The van der Waals surface area contributed by atoms with Crippen LogP contribution in [0.2, 0.25) is 0 Å². The molecule has 0 bridgehead atoms. The predicted octanol–water partition coefficient (Wildman–Crippen LogP) is 4.35. The van der Waals surface area contributed by atoms with Gasteiger partial charge in [-0.3, -0.25) is 4.79 Å². The summed E-state index contributed by atoms with van der Waals surface area (Å²) in [6.07, 6.45) is 3.65. The number of amides is 1. The van der Waals surface area contributed by atoms with E-state index in [1.54, 1.807) is 23.1 Å². The average molecular weight is 430 g/mol. The van der Waals surface area contributed by atoms with Crippen LogP contribution in [0.3, 0.4) is 0 Å². The molecule has 1 aliphatic heterocycles. The van der Waals surface area contributed by atoms with Gasteiger partial charge in [0.05, 0.1) is 11.5 Å². The van der Waals surface area contributed by atoms with Gasteiger partial charge in [0.1, 0.15) is 5.82 Å². The second kappa shape index (κ2) is 8.72. The van der Waals surface area contributed by atoms with Gasteiger partial charge in [0.15, 0.2) is 9.84 Å². The second-order valence-corrected chi connectivity index (χ2v) is 11.1. The van der Waals surface area contributed by atoms with Crippen molar-refractivity contribution in [3.05, 3.63) is 77.1 Å². The zero-order chi connectivity index (χ0) is 21.9. The van der Waals surface area contributed by atoms with Gasteiger partial charge in [-0.15, -0.1) is 0 Å². The Morgan fingerprint density at radius 1 is 1.10 bits per heavy atom. The molecule has 1 heterocycles. The van der Waals surface area contributed by atoms with Crippen LogP contribution in [-0.4, -0.2) is 36.8 Å². The van der Waals surface area contributed by atoms with E-state index in [2.05, 4.69) is 20.8 Å². The van der Waals surface area contributed by atoms with Crippen molar-refractivity contribution in [2.45, 2.75) is 45.2 Å². The Morgan fingerprint density at radius 3 is 2.27 bits per heavy atom. The van der Waals surface area contributed by atoms with E-state index in [-0.39, 0.29) is 41.2 Å². The second-order valence-electron chi connectivity index (χ2n) is 8.85. The Bertz CT molecular complexity index is 1020. The summed E-state index contributed by atoms with van der Waals surface area (Å²) in [7, 11) is -3.14. The standard InChI is InChI=1S/C24H28FNO3S/c1-24(2,3)20-9-4-18(5-10-20)8-13-23(27)26(22-14-15-30(28,29)17-22)16-19-6-11-21(25)12-7-19/h4-13,22H,14-17H2,1-3H3/b13-8+. The minimum Gasteiger partial charge on any atom is -0.331 e. The molecule has 0 radical (unpaired) electrons. The molecule has 1 unspecified atom stereocenters. The summed E-state index contributed by atoms with van der Waals surface area (Å²) < 4.78 is 37.1. The summed E-state index contributed by atoms with van der Waals surface area (Å²) in [6.45, 7) is 6.67. The van der Waals surface area contributed by atoms with Crippen molar-refractivity contribution in [3.63, 3.8) is 0 Å². The van der Waals surface area contributed by atoms with Crippen LogP contribution in [0.1, 0.15) is 43.9 Å². The number of carbonyl (C=O) groups is 1. The molecule has 2 aromatic rings. The van der Waals surface area contributed by atoms with Crippen LogP contribution in [0.15, 0.2) is 54.6 Å². The summed E-state index contributed by atoms with van der Waals surface area (Å²) >= 11 is 0. The van der Waals surface area contributed by atoms with E-state index in [1.807, 2.05) is 24.3 Å². The first kappa shape index (κ1) is 22.2. The third-order valence-electron chi connectivity index (χ3n) is 5.39. The highest BCUT2D eigenvalue weighted by Gasteiger charge is 2.34. The van der Waals surface area contributed by atoms with Crippen LogP contribution >= 0.6 is 0 Å². The maximum atomic E-state index is 13.2. The van der Waals surface area contributed by atoms with Crippen LogP contribution < -0.4 is 0 Å². The third kappa shape index (κ3) is 5.79. The Balaban J connectivity index is 1.79. The van der Waals surface area contributed by atoms with Gasteiger partial charge in [-0.1, -0.05) is 57.2 Å². The van der Waals surface area contributed by atoms with Crippen molar-refractivity contribution in [1.29, 1.82) is 0 Å². The molecule has 4 nitrogen and oxygen atoms in total. The summed E-state index contributed by atoms with van der Waals surface area (Å²) in [4.78, 5) is 14.6. The van der Waals surface area contributed by atoms with Crippen LogP contribution in [-0.2, 0) is 26.6 Å². The fraction of sp³-hybridized carbons (Fsp3) is 0.375. The van der Waals surface area contributed by atoms with E-state index >= 15 is 0 Å². The number of hydrogen-bond acceptors (Lipinski definition) is 3. The molecule has 6 heteroatoms. The minimum atomic E-state index is -3.14. The molecular formula is C24H28FNO3S. The lowest BCUT2D eigenvalue weighted by Gasteiger charge is -2.27. The van der Waals surface area contributed by atoms with E-state index < -0.39 is 9.84 Å². The molecule has 1 amide bonds. The molecule has 0 aliphatic carbocycles. The van der Waals surface area contributed by atoms with Gasteiger partial charge in [-0.05, 0) is 46.7 Å². The molecule has 2 aromatic carbocycles. The van der Waals surface area contributed by atoms with Crippen molar-refractivity contribution in [2.75, 3.05) is 11.5 Å². The van der Waals surface area contributed by atoms with E-state index in [1.165, 1.54) is 23.8 Å². The molecule has 3 rings (SSSR count). The number of benzene rings is 2. The lowest BCUT2D eigenvalue weighted by atomic mass is 9.87. The molecule has 1 saturated heterocycles. The van der Waals surface area contributed by atoms with Gasteiger partial charge in [-0.2, -0.15) is 0 Å². The largest absolute Gasteiger partial charge is 0.331 e. The van der Waals surface area contributed by atoms with Gasteiger partial charge in [-0.25, -0.2) is 12.8 Å². The SMILES string of the molecule is CC(C)(C)c1ccc(/C=C/C(=O)N(Cc2ccc(F)cc2)C2CCS(=O)(=O)C2)cc1. The Labute approximate surface area is 178 Å². The fourth-order valence-corrected chi connectivity index (χ4v) is 5.28. The van der Waals surface area contributed by atoms with Crippen molar-refractivity contribution in [1.82, 2.24) is 4.90 Å². The topological polar surface area (TPSA) is 54.5 Å². The first-order valence-corrected chi connectivity index (χ1v) is 11.9. The predicted molar refractivity (Wildman–Crippen MR) is 118 cm³/mol. The minimum absolute atomic E-state index is 0.0337. The van der Waals surface area contributed by atoms with Crippen molar-refractivity contribution < 1.29 is 17.6 Å². The van der Waals surface area contributed by atoms with Crippen LogP contribution in [0.4, 0.5) is 4.39 Å². The molecule has 0 saturated carbocycles. The molecule has 1 atom stereocenters. The van der Waals surface area contributed by atoms with E-state index in [0.717, 1.165) is 11.1 Å². The summed E-state index contributed by atoms with van der Waals surface area (Å²) in [5, 5.41) is 0. The molecular weight excluding hydrogens is 401 g/mol. The highest BCUT2D eigenvalue weighted by Crippen LogP contribution is 2.23. The molecule has 0 N–H and O–H groups in total. The number of halogens is 1. The highest BCUT2D eigenvalue weighted by atomic mass is 32.2. The van der Waals surface area contributed by atoms with Gasteiger partial charge in [0.25, 0.3) is 0 Å². The van der Waals surface area contributed by atoms with Crippen LogP contribution in [0.5, 0.6) is 0 Å². The van der Waals surface area contributed by atoms with Gasteiger partial charge < -0.3 is 4.90 Å². The molecule has 1 fully saturated rings. The maximum absolute atomic E-state index is 13.2. The fourth-order valence-electron chi connectivity index (χ4n) is 3.55. The van der Waals surface area contributed by atoms with E-state index in [0.29, 0.717) is 6.42 Å². The van der Waals surface area contributed by atoms with Gasteiger partial charge in [0, 0.05) is 18.7 Å². The molecule has 160 valence electrons. The van der Waals surface area contributed by atoms with Gasteiger partial charge >= 0.3 is 0 Å². The zero-order valence-electron chi connectivity index (χ0n) is 17.6. The number of carbonyl (C=O) groups excluding carboxylic acids is 1. The zero-order valence-corrected chi connectivity index (χ0v) is 18.5. The summed E-state index contributed by atoms with van der Waals surface area (Å²) in [5.41, 5.74) is 2.92. The lowest BCUT2D eigenvalue weighted by Crippen LogP contribution is -2.39. The number of rotatable bonds is 5. The van der Waals surface area contributed by atoms with Crippen LogP contribution in [0.25, 0.3) is 6.08 Å². The Hall–Kier alpha value is -2.47. The van der Waals surface area contributed by atoms with Crippen LogP contribution in [0, 0.1) is 5.82 Å². The molecule has 30 heavy (non-hydrogen) atoms. The molecule has 0 spiro atoms. The average Bonchev–Trinajstić information content (AvgIpc) is 3.04. The van der Waals surface area contributed by atoms with Gasteiger partial charge in [0.2, 0.25) is 5.91 Å². The lowest BCUT2D eigenvalue weighted by molar-refractivity contribution is -0.128. The quantitative estimate of drug-likeness (QED) is 0.664. The van der Waals surface area contributed by atoms with E-state index in [9.17, 15) is 17.6 Å². The van der Waals surface area contributed by atoms with Crippen molar-refractivity contribution in [3.8, 4) is 0 Å². The summed E-state index contributed by atoms with van der Waals surface area (Å²) in [6, 6.07) is 13.6. The monoisotopic (exact) mass is 429 g/mol. The Kier molecular flexibility index (Phi) is 6.46. The normalized spacial score (nSPS) is 18.6. The smallest absolute Gasteiger partial charge is 0.247 e. The summed E-state index contributed by atoms with van der Waals surface area (Å²) in [5.74, 6) is -0.545. The molecule has 1 aliphatic rings. The first-order chi connectivity index (χ1) is 14.0. The van der Waals surface area contributed by atoms with E-state index in [4.69, 9.17) is 0 Å². The third-order valence-corrected chi connectivity index (χ3v) is 7.14. The van der Waals surface area contributed by atoms with Crippen molar-refractivity contribution in [2.24, 2.45) is 0 Å². The first-order valence-electron chi connectivity index (χ1n) is 10.1. The number of hydrogen-bond donors (Lipinski definition) is 0. The Morgan fingerprint density at radius 2 is 1.73 bits per heavy atom. The number of nitrogens with zero attached hydrogens (tertiary/aromatic N) is 1. The van der Waals surface area contributed by atoms with Crippen molar-refractivity contribution >= 4 is 21.8 Å². The molecule has 0 aromatic heterocycles. The number of sulfone groups is 1. The maximum Gasteiger partial charge on any atom is 0.247 e. The highest BCUT2D eigenvalue weighted by molar-refractivity contribution is 7.91.